The molecule has 0 bridgehead atoms. The number of phenols is 1. The molecule has 2 aromatic carbocycles. The molecule has 1 heterocycles. The molecule has 3 N–H and O–H groups in total. The van der Waals surface area contributed by atoms with Gasteiger partial charge >= 0.3 is 12.1 Å². The first-order valence-corrected chi connectivity index (χ1v) is 9.66. The molecule has 168 valence electrons. The number of aromatic amines is 1. The van der Waals surface area contributed by atoms with Gasteiger partial charge in [0.15, 0.2) is 0 Å². The fraction of sp³-hybridized carbons (Fsp3) is 0.0455. The number of aliphatic carboxylic acids is 1. The minimum atomic E-state index is -4.70. The van der Waals surface area contributed by atoms with Gasteiger partial charge in [0.1, 0.15) is 17.4 Å². The molecule has 33 heavy (non-hydrogen) atoms. The van der Waals surface area contributed by atoms with Crippen LogP contribution in [0.5, 0.6) is 5.75 Å². The molecular weight excluding hydrogens is 484 g/mol. The van der Waals surface area contributed by atoms with Crippen molar-refractivity contribution < 1.29 is 28.2 Å². The molecule has 0 fully saturated rings. The number of hydrogen-bond donors (Lipinski definition) is 3. The molecule has 0 aliphatic rings. The van der Waals surface area contributed by atoms with Crippen molar-refractivity contribution in [1.82, 2.24) is 4.98 Å². The third-order valence-electron chi connectivity index (χ3n) is 4.53. The van der Waals surface area contributed by atoms with Crippen LogP contribution >= 0.6 is 23.2 Å². The number of rotatable bonds is 4. The summed E-state index contributed by atoms with van der Waals surface area (Å²) in [7, 11) is 0. The molecule has 0 unspecified atom stereocenters. The van der Waals surface area contributed by atoms with Gasteiger partial charge in [-0.1, -0.05) is 23.2 Å². The summed E-state index contributed by atoms with van der Waals surface area (Å²) in [5, 5.41) is 28.8. The number of phenolic OH excluding ortho intramolecular Hbond substituents is 1. The van der Waals surface area contributed by atoms with E-state index in [0.29, 0.717) is 6.07 Å². The van der Waals surface area contributed by atoms with E-state index in [-0.39, 0.29) is 38.0 Å². The lowest BCUT2D eigenvalue weighted by Gasteiger charge is -2.14. The third kappa shape index (κ3) is 5.03. The van der Waals surface area contributed by atoms with Gasteiger partial charge in [-0.2, -0.15) is 18.4 Å². The zero-order valence-corrected chi connectivity index (χ0v) is 17.7. The fourth-order valence-electron chi connectivity index (χ4n) is 3.05. The highest BCUT2D eigenvalue weighted by molar-refractivity contribution is 6.33. The highest BCUT2D eigenvalue weighted by atomic mass is 35.5. The normalized spacial score (nSPS) is 11.5. The standard InChI is InChI=1S/C22H11Cl2F3N2O4/c23-12-5-10(1-4-19(30)31)20(32)15(7-12)18-8-13(16(9-28)21(33)29-18)14-6-11(22(25,26)27)2-3-17(14)24/h1-8,32H,(H,29,33)(H,30,31)/b4-1+. The Morgan fingerprint density at radius 1 is 1.09 bits per heavy atom. The fourth-order valence-corrected chi connectivity index (χ4v) is 3.50. The van der Waals surface area contributed by atoms with Crippen LogP contribution in [-0.4, -0.2) is 21.2 Å². The largest absolute Gasteiger partial charge is 0.507 e. The number of carbonyl (C=O) groups is 1. The summed E-state index contributed by atoms with van der Waals surface area (Å²) < 4.78 is 39.7. The number of hydrogen-bond acceptors (Lipinski definition) is 4. The van der Waals surface area contributed by atoms with E-state index in [4.69, 9.17) is 28.3 Å². The lowest BCUT2D eigenvalue weighted by molar-refractivity contribution is -0.137. The van der Waals surface area contributed by atoms with E-state index in [9.17, 15) is 33.1 Å². The second kappa shape index (κ2) is 9.02. The Labute approximate surface area is 193 Å². The predicted molar refractivity (Wildman–Crippen MR) is 116 cm³/mol. The minimum Gasteiger partial charge on any atom is -0.507 e. The van der Waals surface area contributed by atoms with Crippen molar-refractivity contribution >= 4 is 35.2 Å². The molecule has 3 rings (SSSR count). The van der Waals surface area contributed by atoms with Crippen molar-refractivity contribution in [3.63, 3.8) is 0 Å². The second-order valence-corrected chi connectivity index (χ2v) is 7.51. The lowest BCUT2D eigenvalue weighted by Crippen LogP contribution is -2.13. The Bertz CT molecular complexity index is 1410. The Balaban J connectivity index is 2.32. The monoisotopic (exact) mass is 494 g/mol. The van der Waals surface area contributed by atoms with Crippen LogP contribution in [0.2, 0.25) is 10.0 Å². The van der Waals surface area contributed by atoms with Gasteiger partial charge in [-0.15, -0.1) is 0 Å². The van der Waals surface area contributed by atoms with Crippen LogP contribution in [0.15, 0.2) is 47.3 Å². The van der Waals surface area contributed by atoms with Gasteiger partial charge in [0, 0.05) is 38.4 Å². The first-order valence-electron chi connectivity index (χ1n) is 8.90. The first-order chi connectivity index (χ1) is 15.4. The molecule has 0 atom stereocenters. The molecule has 0 aliphatic heterocycles. The van der Waals surface area contributed by atoms with Crippen LogP contribution < -0.4 is 5.56 Å². The maximum atomic E-state index is 13.2. The van der Waals surface area contributed by atoms with Crippen LogP contribution in [0.1, 0.15) is 16.7 Å². The number of aromatic nitrogens is 1. The summed E-state index contributed by atoms with van der Waals surface area (Å²) in [6, 6.07) is 7.81. The van der Waals surface area contributed by atoms with E-state index < -0.39 is 34.6 Å². The number of pyridine rings is 1. The van der Waals surface area contributed by atoms with Crippen LogP contribution in [0, 0.1) is 11.3 Å². The van der Waals surface area contributed by atoms with Crippen LogP contribution in [0.3, 0.4) is 0 Å². The van der Waals surface area contributed by atoms with Crippen molar-refractivity contribution in [1.29, 1.82) is 5.26 Å². The summed E-state index contributed by atoms with van der Waals surface area (Å²) >= 11 is 12.1. The number of nitrogens with zero attached hydrogens (tertiary/aromatic N) is 1. The van der Waals surface area contributed by atoms with E-state index >= 15 is 0 Å². The van der Waals surface area contributed by atoms with Crippen molar-refractivity contribution in [3.8, 4) is 34.2 Å². The number of nitriles is 1. The SMILES string of the molecule is N#Cc1c(-c2cc(C(F)(F)F)ccc2Cl)cc(-c2cc(Cl)cc(/C=C/C(=O)O)c2O)[nH]c1=O. The average Bonchev–Trinajstić information content (AvgIpc) is 2.73. The molecule has 0 aliphatic carbocycles. The molecular formula is C22H11Cl2F3N2O4. The van der Waals surface area contributed by atoms with Crippen molar-refractivity contribution in [2.45, 2.75) is 6.18 Å². The number of nitrogens with one attached hydrogen (secondary N) is 1. The topological polar surface area (TPSA) is 114 Å². The molecule has 6 nitrogen and oxygen atoms in total. The molecule has 3 aromatic rings. The number of carboxylic acid groups (broad SMARTS) is 1. The molecule has 0 radical (unpaired) electrons. The number of benzene rings is 2. The maximum absolute atomic E-state index is 13.2. The second-order valence-electron chi connectivity index (χ2n) is 6.67. The maximum Gasteiger partial charge on any atom is 0.416 e. The predicted octanol–water partition coefficient (Wildman–Crippen LogP) is 5.71. The van der Waals surface area contributed by atoms with E-state index in [1.54, 1.807) is 6.07 Å². The number of aromatic hydroxyl groups is 1. The van der Waals surface area contributed by atoms with E-state index in [0.717, 1.165) is 24.3 Å². The summed E-state index contributed by atoms with van der Waals surface area (Å²) in [6.07, 6.45) is -2.88. The smallest absolute Gasteiger partial charge is 0.416 e. The Hall–Kier alpha value is -3.74. The summed E-state index contributed by atoms with van der Waals surface area (Å²) in [5.74, 6) is -1.75. The Morgan fingerprint density at radius 3 is 2.39 bits per heavy atom. The Kier molecular flexibility index (Phi) is 6.53. The third-order valence-corrected chi connectivity index (χ3v) is 5.08. The quantitative estimate of drug-likeness (QED) is 0.402. The molecule has 0 saturated carbocycles. The van der Waals surface area contributed by atoms with Gasteiger partial charge in [-0.25, -0.2) is 4.79 Å². The van der Waals surface area contributed by atoms with Crippen LogP contribution in [-0.2, 0) is 11.0 Å². The average molecular weight is 495 g/mol. The van der Waals surface area contributed by atoms with Gasteiger partial charge < -0.3 is 15.2 Å². The number of halogens is 5. The molecule has 11 heteroatoms. The summed E-state index contributed by atoms with van der Waals surface area (Å²) in [4.78, 5) is 25.8. The minimum absolute atomic E-state index is 0.00348. The van der Waals surface area contributed by atoms with Gasteiger partial charge in [-0.05, 0) is 42.5 Å². The highest BCUT2D eigenvalue weighted by Gasteiger charge is 2.31. The van der Waals surface area contributed by atoms with Gasteiger partial charge in [-0.3, -0.25) is 4.79 Å². The van der Waals surface area contributed by atoms with Crippen LogP contribution in [0.25, 0.3) is 28.5 Å². The van der Waals surface area contributed by atoms with Gasteiger partial charge in [0.2, 0.25) is 0 Å². The highest BCUT2D eigenvalue weighted by Crippen LogP contribution is 2.39. The van der Waals surface area contributed by atoms with Crippen molar-refractivity contribution in [2.24, 2.45) is 0 Å². The molecule has 0 saturated heterocycles. The lowest BCUT2D eigenvalue weighted by atomic mass is 9.96. The number of carboxylic acids is 1. The summed E-state index contributed by atoms with van der Waals surface area (Å²) in [5.41, 5.74) is -3.04. The van der Waals surface area contributed by atoms with Gasteiger partial charge in [0.05, 0.1) is 11.3 Å². The molecule has 1 aromatic heterocycles. The zero-order chi connectivity index (χ0) is 24.5. The van der Waals surface area contributed by atoms with Crippen molar-refractivity contribution in [2.75, 3.05) is 0 Å². The first kappa shape index (κ1) is 23.9. The van der Waals surface area contributed by atoms with E-state index in [1.807, 2.05) is 0 Å². The van der Waals surface area contributed by atoms with E-state index in [2.05, 4.69) is 4.98 Å². The number of alkyl halides is 3. The Morgan fingerprint density at radius 2 is 1.79 bits per heavy atom. The zero-order valence-electron chi connectivity index (χ0n) is 16.2. The van der Waals surface area contributed by atoms with Gasteiger partial charge in [0.25, 0.3) is 5.56 Å². The molecule has 0 spiro atoms. The van der Waals surface area contributed by atoms with Crippen LogP contribution in [0.4, 0.5) is 13.2 Å². The number of H-pyrrole nitrogens is 1. The van der Waals surface area contributed by atoms with Crippen molar-refractivity contribution in [3.05, 3.63) is 79.6 Å². The molecule has 0 amide bonds. The van der Waals surface area contributed by atoms with E-state index in [1.165, 1.54) is 18.2 Å². The summed E-state index contributed by atoms with van der Waals surface area (Å²) in [6.45, 7) is 0.